The largest absolute Gasteiger partial charge is 0.495 e. The zero-order valence-corrected chi connectivity index (χ0v) is 19.7. The molecule has 10 heteroatoms. The standard InChI is InChI=1S/C26H23F2N5O3/c1-15-14-32-23(21(13-30-32)31-24(34)17-5-8-22(36-2)18(9-17)12-29)25(35)33(15)20-6-3-16(4-7-20)19-10-26(27,28)11-19/h3-9,13,15,19H,10-11,14H2,1-2H3,(H,31,34). The van der Waals surface area contributed by atoms with Gasteiger partial charge in [-0.05, 0) is 48.7 Å². The first-order valence-electron chi connectivity index (χ1n) is 11.5. The highest BCUT2D eigenvalue weighted by Crippen LogP contribution is 2.48. The summed E-state index contributed by atoms with van der Waals surface area (Å²) in [7, 11) is 1.44. The normalized spacial score (nSPS) is 18.7. The number of halogens is 2. The van der Waals surface area contributed by atoms with Gasteiger partial charge in [0.05, 0.1) is 37.1 Å². The van der Waals surface area contributed by atoms with E-state index >= 15 is 0 Å². The molecule has 1 aliphatic heterocycles. The summed E-state index contributed by atoms with van der Waals surface area (Å²) in [5, 5.41) is 16.3. The number of nitriles is 1. The number of aromatic nitrogens is 2. The van der Waals surface area contributed by atoms with Crippen LogP contribution in [0.4, 0.5) is 20.2 Å². The lowest BCUT2D eigenvalue weighted by Crippen LogP contribution is -2.47. The van der Waals surface area contributed by atoms with Gasteiger partial charge in [0.25, 0.3) is 11.8 Å². The summed E-state index contributed by atoms with van der Waals surface area (Å²) in [6, 6.07) is 13.4. The van der Waals surface area contributed by atoms with E-state index < -0.39 is 11.8 Å². The molecule has 0 bridgehead atoms. The molecular formula is C26H23F2N5O3. The number of hydrogen-bond donors (Lipinski definition) is 1. The molecule has 3 aromatic rings. The van der Waals surface area contributed by atoms with Crippen molar-refractivity contribution in [2.75, 3.05) is 17.3 Å². The topological polar surface area (TPSA) is 100 Å². The van der Waals surface area contributed by atoms with Crippen LogP contribution in [0.2, 0.25) is 0 Å². The number of anilines is 2. The van der Waals surface area contributed by atoms with Gasteiger partial charge in [-0.2, -0.15) is 10.4 Å². The van der Waals surface area contributed by atoms with Crippen LogP contribution in [0.1, 0.15) is 57.7 Å². The fraction of sp³-hybridized carbons (Fsp3) is 0.308. The lowest BCUT2D eigenvalue weighted by molar-refractivity contribution is -0.0867. The maximum Gasteiger partial charge on any atom is 0.279 e. The summed E-state index contributed by atoms with van der Waals surface area (Å²) in [5.74, 6) is -3.25. The average molecular weight is 491 g/mol. The van der Waals surface area contributed by atoms with Gasteiger partial charge in [-0.1, -0.05) is 12.1 Å². The summed E-state index contributed by atoms with van der Waals surface area (Å²) in [5.41, 5.74) is 2.41. The van der Waals surface area contributed by atoms with E-state index in [-0.39, 0.29) is 53.2 Å². The van der Waals surface area contributed by atoms with Crippen LogP contribution in [0, 0.1) is 11.3 Å². The van der Waals surface area contributed by atoms with E-state index in [0.717, 1.165) is 5.56 Å². The highest BCUT2D eigenvalue weighted by atomic mass is 19.3. The molecule has 5 rings (SSSR count). The van der Waals surface area contributed by atoms with Crippen molar-refractivity contribution in [2.45, 2.75) is 44.2 Å². The number of ether oxygens (including phenoxy) is 1. The second kappa shape index (κ2) is 8.75. The van der Waals surface area contributed by atoms with E-state index in [2.05, 4.69) is 10.4 Å². The van der Waals surface area contributed by atoms with Gasteiger partial charge in [0.2, 0.25) is 5.92 Å². The van der Waals surface area contributed by atoms with Gasteiger partial charge in [-0.15, -0.1) is 0 Å². The Morgan fingerprint density at radius 2 is 1.94 bits per heavy atom. The molecule has 2 heterocycles. The van der Waals surface area contributed by atoms with Gasteiger partial charge >= 0.3 is 0 Å². The van der Waals surface area contributed by atoms with E-state index in [4.69, 9.17) is 4.74 Å². The van der Waals surface area contributed by atoms with E-state index in [1.165, 1.54) is 31.5 Å². The molecule has 1 fully saturated rings. The Balaban J connectivity index is 1.37. The van der Waals surface area contributed by atoms with Gasteiger partial charge in [-0.25, -0.2) is 8.78 Å². The number of nitrogens with one attached hydrogen (secondary N) is 1. The van der Waals surface area contributed by atoms with Gasteiger partial charge in [0.15, 0.2) is 0 Å². The van der Waals surface area contributed by atoms with Crippen LogP contribution < -0.4 is 15.0 Å². The third-order valence-corrected chi connectivity index (χ3v) is 6.70. The van der Waals surface area contributed by atoms with E-state index in [1.54, 1.807) is 33.8 Å². The molecule has 8 nitrogen and oxygen atoms in total. The zero-order valence-electron chi connectivity index (χ0n) is 19.7. The second-order valence-corrected chi connectivity index (χ2v) is 9.15. The number of amides is 2. The quantitative estimate of drug-likeness (QED) is 0.563. The van der Waals surface area contributed by atoms with Crippen LogP contribution in [-0.2, 0) is 6.54 Å². The third kappa shape index (κ3) is 4.06. The van der Waals surface area contributed by atoms with Crippen molar-refractivity contribution < 1.29 is 23.1 Å². The Bertz CT molecular complexity index is 1390. The maximum absolute atomic E-state index is 13.5. The fourth-order valence-corrected chi connectivity index (χ4v) is 4.79. The Labute approximate surface area is 206 Å². The molecule has 36 heavy (non-hydrogen) atoms. The van der Waals surface area contributed by atoms with Crippen molar-refractivity contribution in [1.82, 2.24) is 9.78 Å². The summed E-state index contributed by atoms with van der Waals surface area (Å²) in [4.78, 5) is 28.0. The molecule has 0 spiro atoms. The van der Waals surface area contributed by atoms with E-state index in [1.807, 2.05) is 13.0 Å². The Kier molecular flexibility index (Phi) is 5.71. The minimum Gasteiger partial charge on any atom is -0.495 e. The summed E-state index contributed by atoms with van der Waals surface area (Å²) in [6.45, 7) is 2.30. The smallest absolute Gasteiger partial charge is 0.279 e. The predicted octanol–water partition coefficient (Wildman–Crippen LogP) is 4.58. The first-order valence-corrected chi connectivity index (χ1v) is 11.5. The van der Waals surface area contributed by atoms with Crippen molar-refractivity contribution >= 4 is 23.2 Å². The molecule has 1 atom stereocenters. The number of benzene rings is 2. The number of methoxy groups -OCH3 is 1. The lowest BCUT2D eigenvalue weighted by Gasteiger charge is -2.36. The van der Waals surface area contributed by atoms with Crippen molar-refractivity contribution in [3.05, 3.63) is 71.0 Å². The highest BCUT2D eigenvalue weighted by molar-refractivity contribution is 6.13. The van der Waals surface area contributed by atoms with Gasteiger partial charge in [0, 0.05) is 24.1 Å². The van der Waals surface area contributed by atoms with Crippen LogP contribution in [0.15, 0.2) is 48.7 Å². The zero-order chi connectivity index (χ0) is 25.6. The van der Waals surface area contributed by atoms with Crippen LogP contribution in [-0.4, -0.2) is 40.7 Å². The number of hydrogen-bond acceptors (Lipinski definition) is 5. The van der Waals surface area contributed by atoms with Crippen molar-refractivity contribution in [3.63, 3.8) is 0 Å². The lowest BCUT2D eigenvalue weighted by atomic mass is 9.77. The molecule has 2 aromatic carbocycles. The first-order chi connectivity index (χ1) is 17.2. The maximum atomic E-state index is 13.5. The molecule has 1 saturated carbocycles. The number of rotatable bonds is 5. The molecule has 2 aliphatic rings. The Morgan fingerprint density at radius 3 is 2.58 bits per heavy atom. The van der Waals surface area contributed by atoms with E-state index in [0.29, 0.717) is 18.0 Å². The molecule has 184 valence electrons. The number of fused-ring (bicyclic) bond motifs is 1. The minimum absolute atomic E-state index is 0.155. The first kappa shape index (κ1) is 23.5. The molecule has 1 N–H and O–H groups in total. The van der Waals surface area contributed by atoms with Gasteiger partial charge < -0.3 is 15.0 Å². The van der Waals surface area contributed by atoms with Crippen LogP contribution in [0.3, 0.4) is 0 Å². The monoisotopic (exact) mass is 491 g/mol. The highest BCUT2D eigenvalue weighted by Gasteiger charge is 2.45. The predicted molar refractivity (Wildman–Crippen MR) is 128 cm³/mol. The minimum atomic E-state index is -2.60. The molecule has 1 aliphatic carbocycles. The summed E-state index contributed by atoms with van der Waals surface area (Å²) in [6.07, 6.45) is 1.12. The molecule has 1 unspecified atom stereocenters. The van der Waals surface area contributed by atoms with Crippen LogP contribution in [0.5, 0.6) is 5.75 Å². The third-order valence-electron chi connectivity index (χ3n) is 6.70. The fourth-order valence-electron chi connectivity index (χ4n) is 4.79. The Morgan fingerprint density at radius 1 is 1.22 bits per heavy atom. The van der Waals surface area contributed by atoms with E-state index in [9.17, 15) is 23.6 Å². The molecular weight excluding hydrogens is 468 g/mol. The van der Waals surface area contributed by atoms with Crippen molar-refractivity contribution in [2.24, 2.45) is 0 Å². The molecule has 0 radical (unpaired) electrons. The van der Waals surface area contributed by atoms with Crippen LogP contribution in [0.25, 0.3) is 0 Å². The van der Waals surface area contributed by atoms with Crippen LogP contribution >= 0.6 is 0 Å². The number of carbonyl (C=O) groups is 2. The van der Waals surface area contributed by atoms with Crippen molar-refractivity contribution in [1.29, 1.82) is 5.26 Å². The van der Waals surface area contributed by atoms with Gasteiger partial charge in [-0.3, -0.25) is 14.3 Å². The number of carbonyl (C=O) groups excluding carboxylic acids is 2. The van der Waals surface area contributed by atoms with Gasteiger partial charge in [0.1, 0.15) is 17.5 Å². The number of alkyl halides is 2. The SMILES string of the molecule is COc1ccc(C(=O)Nc2cnn3c2C(=O)N(c2ccc(C4CC(F)(F)C4)cc2)C(C)C3)cc1C#N. The second-order valence-electron chi connectivity index (χ2n) is 9.15. The summed E-state index contributed by atoms with van der Waals surface area (Å²) < 4.78 is 33.2. The van der Waals surface area contributed by atoms with Crippen molar-refractivity contribution in [3.8, 4) is 11.8 Å². The Hall–Kier alpha value is -4.26. The molecule has 2 amide bonds. The summed E-state index contributed by atoms with van der Waals surface area (Å²) >= 11 is 0. The molecule has 1 aromatic heterocycles. The molecule has 0 saturated heterocycles. The number of nitrogens with zero attached hydrogens (tertiary/aromatic N) is 4. The average Bonchev–Trinajstić information content (AvgIpc) is 3.24.